The molecule has 0 amide bonds. The molecular formula is C66H120O12. The molecule has 78 heavy (non-hydrogen) atoms. The van der Waals surface area contributed by atoms with Gasteiger partial charge in [0, 0.05) is 38.5 Å². The van der Waals surface area contributed by atoms with Crippen LogP contribution in [0, 0.1) is 0 Å². The molecule has 1 unspecified atom stereocenters. The van der Waals surface area contributed by atoms with Crippen molar-refractivity contribution in [1.29, 1.82) is 0 Å². The SMILES string of the molecule is CCCCCCCCCC(=O)OC[C@H]1OC(OC(=O)CCCCCCCCC)(C(=O)CCCCCCCCC)[C@H](OC(=O)CCCCCCCCC)[C@@H](OC(=O)CCCCCCCCC)[C@@H]1OC(=O)CCCCCCCCC. The molecule has 1 fully saturated rings. The lowest BCUT2D eigenvalue weighted by atomic mass is 9.87. The number of carbonyl (C=O) groups excluding carboxylic acids is 6. The number of carbonyl (C=O) groups is 6. The molecule has 1 rings (SSSR count). The highest BCUT2D eigenvalue weighted by molar-refractivity contribution is 5.90. The van der Waals surface area contributed by atoms with E-state index in [2.05, 4.69) is 41.5 Å². The summed E-state index contributed by atoms with van der Waals surface area (Å²) in [5.41, 5.74) is 0. The summed E-state index contributed by atoms with van der Waals surface area (Å²) < 4.78 is 38.4. The Morgan fingerprint density at radius 2 is 0.577 bits per heavy atom. The Morgan fingerprint density at radius 1 is 0.308 bits per heavy atom. The molecule has 0 radical (unpaired) electrons. The van der Waals surface area contributed by atoms with E-state index in [-0.39, 0.29) is 38.5 Å². The molecule has 0 N–H and O–H groups in total. The van der Waals surface area contributed by atoms with Crippen molar-refractivity contribution in [2.24, 2.45) is 0 Å². The lowest BCUT2D eigenvalue weighted by Crippen LogP contribution is -2.72. The van der Waals surface area contributed by atoms with Gasteiger partial charge >= 0.3 is 35.6 Å². The first-order valence-electron chi connectivity index (χ1n) is 33.2. The molecule has 0 spiro atoms. The molecule has 0 aliphatic carbocycles. The molecule has 0 aromatic rings. The van der Waals surface area contributed by atoms with Gasteiger partial charge in [-0.2, -0.15) is 0 Å². The maximum Gasteiger partial charge on any atom is 0.315 e. The van der Waals surface area contributed by atoms with Crippen molar-refractivity contribution in [3.63, 3.8) is 0 Å². The largest absolute Gasteiger partial charge is 0.463 e. The Labute approximate surface area is 477 Å². The molecule has 0 bridgehead atoms. The number of hydrogen-bond donors (Lipinski definition) is 0. The van der Waals surface area contributed by atoms with Crippen molar-refractivity contribution in [3.05, 3.63) is 0 Å². The van der Waals surface area contributed by atoms with Crippen molar-refractivity contribution >= 4 is 35.6 Å². The lowest BCUT2D eigenvalue weighted by molar-refractivity contribution is -0.338. The second-order valence-electron chi connectivity index (χ2n) is 23.0. The summed E-state index contributed by atoms with van der Waals surface area (Å²) in [5, 5.41) is 0. The Balaban J connectivity index is 3.97. The quantitative estimate of drug-likeness (QED) is 0.0323. The molecule has 1 aliphatic rings. The fourth-order valence-electron chi connectivity index (χ4n) is 10.5. The van der Waals surface area contributed by atoms with E-state index in [4.69, 9.17) is 28.4 Å². The Morgan fingerprint density at radius 3 is 0.923 bits per heavy atom. The fourth-order valence-corrected chi connectivity index (χ4v) is 10.5. The van der Waals surface area contributed by atoms with E-state index in [0.29, 0.717) is 38.5 Å². The molecule has 0 aromatic heterocycles. The van der Waals surface area contributed by atoms with E-state index in [1.165, 1.54) is 6.42 Å². The summed E-state index contributed by atoms with van der Waals surface area (Å²) in [6, 6.07) is 0. The van der Waals surface area contributed by atoms with Crippen molar-refractivity contribution in [1.82, 2.24) is 0 Å². The molecule has 456 valence electrons. The average Bonchev–Trinajstić information content (AvgIpc) is 3.42. The van der Waals surface area contributed by atoms with Crippen LogP contribution >= 0.6 is 0 Å². The van der Waals surface area contributed by atoms with Crippen molar-refractivity contribution in [2.45, 2.75) is 380 Å². The maximum absolute atomic E-state index is 15.4. The summed E-state index contributed by atoms with van der Waals surface area (Å²) in [6.07, 6.45) is 34.3. The first-order chi connectivity index (χ1) is 38.0. The normalized spacial score (nSPS) is 18.1. The van der Waals surface area contributed by atoms with Gasteiger partial charge in [0.2, 0.25) is 11.9 Å². The van der Waals surface area contributed by atoms with Gasteiger partial charge in [-0.1, -0.05) is 273 Å². The summed E-state index contributed by atoms with van der Waals surface area (Å²) in [6.45, 7) is 12.6. The number of rotatable bonds is 55. The fraction of sp³-hybridized carbons (Fsp3) is 0.909. The predicted octanol–water partition coefficient (Wildman–Crippen LogP) is 18.3. The summed E-state index contributed by atoms with van der Waals surface area (Å²) in [7, 11) is 0. The molecule has 12 heteroatoms. The minimum absolute atomic E-state index is 0.000655. The molecule has 12 nitrogen and oxygen atoms in total. The molecule has 1 aliphatic heterocycles. The average molecular weight is 1110 g/mol. The van der Waals surface area contributed by atoms with Crippen molar-refractivity contribution in [3.8, 4) is 0 Å². The third-order valence-corrected chi connectivity index (χ3v) is 15.5. The Kier molecular flexibility index (Phi) is 47.6. The van der Waals surface area contributed by atoms with Gasteiger partial charge in [0.05, 0.1) is 0 Å². The van der Waals surface area contributed by atoms with Gasteiger partial charge in [-0.15, -0.1) is 0 Å². The zero-order chi connectivity index (χ0) is 57.2. The van der Waals surface area contributed by atoms with Crippen LogP contribution < -0.4 is 0 Å². The third kappa shape index (κ3) is 36.4. The number of unbranched alkanes of at least 4 members (excludes halogenated alkanes) is 36. The van der Waals surface area contributed by atoms with Crippen LogP contribution in [0.4, 0.5) is 0 Å². The van der Waals surface area contributed by atoms with Crippen molar-refractivity contribution < 1.29 is 57.2 Å². The predicted molar refractivity (Wildman–Crippen MR) is 315 cm³/mol. The van der Waals surface area contributed by atoms with Gasteiger partial charge in [-0.25, -0.2) is 0 Å². The zero-order valence-corrected chi connectivity index (χ0v) is 51.4. The minimum atomic E-state index is -2.60. The van der Waals surface area contributed by atoms with Gasteiger partial charge in [0.1, 0.15) is 12.7 Å². The van der Waals surface area contributed by atoms with E-state index >= 15 is 4.79 Å². The van der Waals surface area contributed by atoms with Gasteiger partial charge in [-0.3, -0.25) is 28.8 Å². The highest BCUT2D eigenvalue weighted by Crippen LogP contribution is 2.40. The van der Waals surface area contributed by atoms with Crippen LogP contribution in [-0.4, -0.2) is 72.4 Å². The van der Waals surface area contributed by atoms with E-state index in [9.17, 15) is 24.0 Å². The first kappa shape index (κ1) is 73.0. The second-order valence-corrected chi connectivity index (χ2v) is 23.0. The molecular weight excluding hydrogens is 985 g/mol. The number of hydrogen-bond acceptors (Lipinski definition) is 12. The zero-order valence-electron chi connectivity index (χ0n) is 51.4. The number of esters is 5. The number of ketones is 1. The first-order valence-corrected chi connectivity index (χ1v) is 33.2. The van der Waals surface area contributed by atoms with Gasteiger partial charge in [0.15, 0.2) is 12.2 Å². The summed E-state index contributed by atoms with van der Waals surface area (Å²) in [5.74, 6) is -6.34. The van der Waals surface area contributed by atoms with E-state index in [1.807, 2.05) is 0 Å². The highest BCUT2D eigenvalue weighted by Gasteiger charge is 2.66. The summed E-state index contributed by atoms with van der Waals surface area (Å²) >= 11 is 0. The molecule has 1 saturated heterocycles. The topological polar surface area (TPSA) is 158 Å². The van der Waals surface area contributed by atoms with E-state index in [1.54, 1.807) is 0 Å². The minimum Gasteiger partial charge on any atom is -0.463 e. The van der Waals surface area contributed by atoms with Crippen LogP contribution in [0.1, 0.15) is 350 Å². The molecule has 1 heterocycles. The molecule has 0 aromatic carbocycles. The standard InChI is InChI=1S/C66H120O12/c1-7-13-19-25-31-37-43-49-57(67)66(78-62(72)54-48-42-36-30-24-18-12-6)65(76-61(71)53-47-41-35-29-23-17-11-5)64(75-60(70)52-46-40-34-28-22-16-10-4)63(74-59(69)51-45-39-33-27-21-15-9-3)56(77-66)55-73-58(68)50-44-38-32-26-20-14-8-2/h56,63-65H,7-55H2,1-6H3/t56-,63-,64+,65-,66?/m1/s1. The smallest absolute Gasteiger partial charge is 0.315 e. The van der Waals surface area contributed by atoms with Crippen LogP contribution in [0.25, 0.3) is 0 Å². The number of Topliss-reactive ketones (excluding diaryl/α,β-unsaturated/α-hetero) is 1. The van der Waals surface area contributed by atoms with E-state index < -0.39 is 72.4 Å². The Hall–Kier alpha value is -3.02. The second kappa shape index (κ2) is 50.9. The van der Waals surface area contributed by atoms with Gasteiger partial charge in [0.25, 0.3) is 0 Å². The summed E-state index contributed by atoms with van der Waals surface area (Å²) in [4.78, 5) is 86.2. The van der Waals surface area contributed by atoms with Crippen LogP contribution in [0.3, 0.4) is 0 Å². The van der Waals surface area contributed by atoms with Crippen LogP contribution in [0.15, 0.2) is 0 Å². The Bertz CT molecular complexity index is 1500. The van der Waals surface area contributed by atoms with Crippen molar-refractivity contribution in [2.75, 3.05) is 6.61 Å². The van der Waals surface area contributed by atoms with Crippen LogP contribution in [0.2, 0.25) is 0 Å². The number of ether oxygens (including phenoxy) is 6. The van der Waals surface area contributed by atoms with Gasteiger partial charge in [-0.05, 0) is 38.5 Å². The van der Waals surface area contributed by atoms with Crippen LogP contribution in [0.5, 0.6) is 0 Å². The monoisotopic (exact) mass is 1100 g/mol. The third-order valence-electron chi connectivity index (χ3n) is 15.5. The van der Waals surface area contributed by atoms with Crippen LogP contribution in [-0.2, 0) is 57.2 Å². The lowest BCUT2D eigenvalue weighted by Gasteiger charge is -2.49. The van der Waals surface area contributed by atoms with E-state index in [0.717, 1.165) is 225 Å². The van der Waals surface area contributed by atoms with Gasteiger partial charge < -0.3 is 28.4 Å². The maximum atomic E-state index is 15.4. The highest BCUT2D eigenvalue weighted by atomic mass is 16.8. The molecule has 0 saturated carbocycles. The molecule has 5 atom stereocenters.